The average molecular weight is 436 g/mol. The Morgan fingerprint density at radius 3 is 2.89 bits per heavy atom. The Morgan fingerprint density at radius 1 is 1.39 bits per heavy atom. The van der Waals surface area contributed by atoms with Gasteiger partial charge < -0.3 is 19.1 Å². The minimum Gasteiger partial charge on any atom is -0.491 e. The maximum Gasteiger partial charge on any atom is 0.416 e. The highest BCUT2D eigenvalue weighted by atomic mass is 32.0. The molecule has 0 spiro atoms. The first-order valence-corrected chi connectivity index (χ1v) is 11.9. The molecule has 2 fully saturated rings. The molecule has 2 aliphatic rings. The Kier molecular flexibility index (Phi) is 7.38. The summed E-state index contributed by atoms with van der Waals surface area (Å²) in [6.45, 7) is 2.28. The topological polar surface area (TPSA) is 47.9 Å². The number of aliphatic hydroxyl groups excluding tert-OH is 1. The van der Waals surface area contributed by atoms with E-state index in [1.54, 1.807) is 0 Å². The van der Waals surface area contributed by atoms with E-state index in [9.17, 15) is 18.3 Å². The molecule has 1 aliphatic carbocycles. The van der Waals surface area contributed by atoms with Gasteiger partial charge in [-0.15, -0.1) is 0 Å². The fourth-order valence-electron chi connectivity index (χ4n) is 4.07. The van der Waals surface area contributed by atoms with E-state index in [1.165, 1.54) is 12.1 Å². The number of fused-ring (bicyclic) bond motifs is 1. The van der Waals surface area contributed by atoms with Crippen molar-refractivity contribution in [3.63, 3.8) is 0 Å². The SMILES string of the molecule is C[C@@H]1C[C@@H]2OC(O)C[C@@H]2[C@H]1/C=C/[C@H](COc1cccc(C(F)(F)F)c1)OPP. The predicted molar refractivity (Wildman–Crippen MR) is 105 cm³/mol. The highest BCUT2D eigenvalue weighted by Crippen LogP contribution is 2.46. The molecule has 1 aromatic rings. The van der Waals surface area contributed by atoms with Crippen LogP contribution in [-0.4, -0.2) is 30.2 Å². The normalized spacial score (nSPS) is 31.7. The molecule has 8 atom stereocenters. The van der Waals surface area contributed by atoms with Gasteiger partial charge in [-0.05, 0) is 42.4 Å². The van der Waals surface area contributed by atoms with Crippen molar-refractivity contribution in [2.24, 2.45) is 17.8 Å². The van der Waals surface area contributed by atoms with Gasteiger partial charge in [0.15, 0.2) is 6.29 Å². The lowest BCUT2D eigenvalue weighted by Crippen LogP contribution is -2.19. The molecule has 0 bridgehead atoms. The number of benzene rings is 1. The molecule has 0 amide bonds. The molecule has 1 saturated heterocycles. The first-order chi connectivity index (χ1) is 13.3. The van der Waals surface area contributed by atoms with Crippen LogP contribution in [0.15, 0.2) is 36.4 Å². The van der Waals surface area contributed by atoms with Crippen LogP contribution in [0.5, 0.6) is 5.75 Å². The fraction of sp³-hybridized carbons (Fsp3) is 0.579. The van der Waals surface area contributed by atoms with E-state index in [4.69, 9.17) is 14.0 Å². The van der Waals surface area contributed by atoms with Crippen molar-refractivity contribution >= 4 is 17.4 Å². The molecule has 0 radical (unpaired) electrons. The molecule has 1 aliphatic heterocycles. The van der Waals surface area contributed by atoms with Crippen LogP contribution < -0.4 is 4.74 Å². The van der Waals surface area contributed by atoms with E-state index < -0.39 is 18.0 Å². The lowest BCUT2D eigenvalue weighted by Gasteiger charge is -2.19. The predicted octanol–water partition coefficient (Wildman–Crippen LogP) is 4.79. The zero-order valence-electron chi connectivity index (χ0n) is 15.4. The highest BCUT2D eigenvalue weighted by molar-refractivity contribution is 8.00. The Labute approximate surface area is 166 Å². The van der Waals surface area contributed by atoms with E-state index in [0.29, 0.717) is 12.3 Å². The van der Waals surface area contributed by atoms with Crippen molar-refractivity contribution in [1.82, 2.24) is 0 Å². The second-order valence-electron chi connectivity index (χ2n) is 7.31. The summed E-state index contributed by atoms with van der Waals surface area (Å²) in [5, 5.41) is 9.72. The average Bonchev–Trinajstić information content (AvgIpc) is 3.12. The van der Waals surface area contributed by atoms with Crippen LogP contribution in [0.1, 0.15) is 25.3 Å². The van der Waals surface area contributed by atoms with Crippen molar-refractivity contribution in [3.05, 3.63) is 42.0 Å². The maximum atomic E-state index is 12.8. The number of halogens is 3. The number of rotatable bonds is 7. The summed E-state index contributed by atoms with van der Waals surface area (Å²) in [7, 11) is 2.64. The summed E-state index contributed by atoms with van der Waals surface area (Å²) < 4.78 is 55.3. The molecule has 9 heteroatoms. The highest BCUT2D eigenvalue weighted by Gasteiger charge is 2.46. The van der Waals surface area contributed by atoms with Crippen molar-refractivity contribution in [1.29, 1.82) is 0 Å². The summed E-state index contributed by atoms with van der Waals surface area (Å²) >= 11 is 0. The zero-order valence-corrected chi connectivity index (χ0v) is 17.6. The number of ether oxygens (including phenoxy) is 2. The number of allylic oxidation sites excluding steroid dienone is 1. The number of hydrogen-bond donors (Lipinski definition) is 1. The van der Waals surface area contributed by atoms with Crippen molar-refractivity contribution in [2.75, 3.05) is 6.61 Å². The van der Waals surface area contributed by atoms with Gasteiger partial charge in [0.2, 0.25) is 0 Å². The van der Waals surface area contributed by atoms with Gasteiger partial charge in [-0.2, -0.15) is 13.2 Å². The lowest BCUT2D eigenvalue weighted by molar-refractivity contribution is -0.137. The molecule has 3 unspecified atom stereocenters. The van der Waals surface area contributed by atoms with Gasteiger partial charge in [-0.1, -0.05) is 34.1 Å². The third-order valence-corrected chi connectivity index (χ3v) is 6.23. The van der Waals surface area contributed by atoms with Crippen LogP contribution in [0.2, 0.25) is 0 Å². The Balaban J connectivity index is 1.62. The molecular weight excluding hydrogens is 411 g/mol. The second kappa shape index (κ2) is 9.40. The monoisotopic (exact) mass is 436 g/mol. The van der Waals surface area contributed by atoms with Crippen LogP contribution in [0.3, 0.4) is 0 Å². The third-order valence-electron chi connectivity index (χ3n) is 5.38. The minimum absolute atomic E-state index is 0.0870. The number of aliphatic hydroxyl groups is 1. The van der Waals surface area contributed by atoms with Gasteiger partial charge in [0, 0.05) is 14.9 Å². The molecule has 0 aromatic heterocycles. The zero-order chi connectivity index (χ0) is 20.3. The Bertz CT molecular complexity index is 685. The summed E-state index contributed by atoms with van der Waals surface area (Å²) in [6, 6.07) is 4.83. The van der Waals surface area contributed by atoms with Crippen LogP contribution >= 0.6 is 17.4 Å². The van der Waals surface area contributed by atoms with Crippen LogP contribution in [0.25, 0.3) is 0 Å². The summed E-state index contributed by atoms with van der Waals surface area (Å²) in [4.78, 5) is 0. The Hall–Kier alpha value is -0.710. The second-order valence-corrected chi connectivity index (χ2v) is 8.49. The fourth-order valence-corrected chi connectivity index (χ4v) is 4.91. The molecule has 1 heterocycles. The van der Waals surface area contributed by atoms with E-state index in [1.807, 2.05) is 6.08 Å². The van der Waals surface area contributed by atoms with E-state index >= 15 is 0 Å². The molecule has 1 N–H and O–H groups in total. The maximum absolute atomic E-state index is 12.8. The van der Waals surface area contributed by atoms with E-state index in [2.05, 4.69) is 21.9 Å². The van der Waals surface area contributed by atoms with Gasteiger partial charge in [-0.3, -0.25) is 0 Å². The third kappa shape index (κ3) is 5.46. The van der Waals surface area contributed by atoms with Gasteiger partial charge in [-0.25, -0.2) is 0 Å². The minimum atomic E-state index is -4.40. The lowest BCUT2D eigenvalue weighted by atomic mass is 9.88. The Morgan fingerprint density at radius 2 is 2.18 bits per heavy atom. The molecule has 3 rings (SSSR count). The molecule has 28 heavy (non-hydrogen) atoms. The van der Waals surface area contributed by atoms with Crippen molar-refractivity contribution in [3.8, 4) is 5.75 Å². The van der Waals surface area contributed by atoms with Crippen molar-refractivity contribution in [2.45, 2.75) is 44.4 Å². The summed E-state index contributed by atoms with van der Waals surface area (Å²) in [6.07, 6.45) is 0.159. The molecule has 1 saturated carbocycles. The first-order valence-electron chi connectivity index (χ1n) is 9.21. The molecular formula is C19H25F3O4P2. The largest absolute Gasteiger partial charge is 0.491 e. The number of alkyl halides is 3. The summed E-state index contributed by atoms with van der Waals surface area (Å²) in [5.74, 6) is 1.15. The van der Waals surface area contributed by atoms with E-state index in [0.717, 1.165) is 18.6 Å². The molecule has 1 aromatic carbocycles. The van der Waals surface area contributed by atoms with Gasteiger partial charge in [0.25, 0.3) is 0 Å². The van der Waals surface area contributed by atoms with Crippen molar-refractivity contribution < 1.29 is 32.3 Å². The standard InChI is InChI=1S/C19H25F3O4P2/c1-11-7-17-16(9-18(23)25-17)15(11)6-5-14(26-28-27)10-24-13-4-2-3-12(8-13)19(20,21)22/h2-6,8,11,14-18,23,28H,7,9-10,27H2,1H3/b6-5+/t11-,14-,15+,16-,17+,18?/m1/s1. The quantitative estimate of drug-likeness (QED) is 0.493. The van der Waals surface area contributed by atoms with Gasteiger partial charge in [0.05, 0.1) is 11.7 Å². The number of hydrogen-bond acceptors (Lipinski definition) is 4. The summed E-state index contributed by atoms with van der Waals surface area (Å²) in [5.41, 5.74) is -0.739. The smallest absolute Gasteiger partial charge is 0.416 e. The van der Waals surface area contributed by atoms with Gasteiger partial charge >= 0.3 is 6.18 Å². The molecule has 156 valence electrons. The van der Waals surface area contributed by atoms with Crippen LogP contribution in [0.4, 0.5) is 13.2 Å². The first kappa shape index (κ1) is 22.0. The van der Waals surface area contributed by atoms with E-state index in [-0.39, 0.29) is 44.9 Å². The van der Waals surface area contributed by atoms with Gasteiger partial charge in [0.1, 0.15) is 18.5 Å². The molecule has 4 nitrogen and oxygen atoms in total. The van der Waals surface area contributed by atoms with Crippen LogP contribution in [-0.2, 0) is 15.4 Å². The van der Waals surface area contributed by atoms with Crippen LogP contribution in [0, 0.1) is 17.8 Å².